The predicted molar refractivity (Wildman–Crippen MR) is 98.1 cm³/mol. The van der Waals surface area contributed by atoms with E-state index in [1.54, 1.807) is 18.3 Å². The molecule has 1 heterocycles. The van der Waals surface area contributed by atoms with E-state index in [0.717, 1.165) is 16.5 Å². The molecule has 0 bridgehead atoms. The highest BCUT2D eigenvalue weighted by Crippen LogP contribution is 2.19. The second-order valence-electron chi connectivity index (χ2n) is 5.93. The number of nitrogens with one attached hydrogen (secondary N) is 2. The Morgan fingerprint density at radius 1 is 1.08 bits per heavy atom. The van der Waals surface area contributed by atoms with Gasteiger partial charge in [-0.1, -0.05) is 36.4 Å². The number of fused-ring (bicyclic) bond motifs is 1. The smallest absolute Gasteiger partial charge is 0.326 e. The van der Waals surface area contributed by atoms with E-state index in [1.165, 1.54) is 0 Å². The average molecular weight is 352 g/mol. The number of amides is 1. The lowest BCUT2D eigenvalue weighted by atomic mass is 10.0. The summed E-state index contributed by atoms with van der Waals surface area (Å²) in [7, 11) is 0. The van der Waals surface area contributed by atoms with Crippen molar-refractivity contribution in [3.05, 3.63) is 66.4 Å². The van der Waals surface area contributed by atoms with E-state index in [9.17, 15) is 14.7 Å². The standard InChI is InChI=1S/C20H20N2O4/c23-19(10-11-26-15-6-2-1-3-7-15)22-18(20(24)25)12-14-13-21-17-9-5-4-8-16(14)17/h1-9,13,18,21H,10-12H2,(H,22,23)(H,24,25). The molecule has 1 unspecified atom stereocenters. The van der Waals surface area contributed by atoms with Crippen molar-refractivity contribution in [2.45, 2.75) is 18.9 Å². The Hall–Kier alpha value is -3.28. The van der Waals surface area contributed by atoms with Crippen LogP contribution in [0.4, 0.5) is 0 Å². The number of aliphatic carboxylic acids is 1. The number of ether oxygens (including phenoxy) is 1. The normalized spacial score (nSPS) is 11.8. The van der Waals surface area contributed by atoms with Gasteiger partial charge in [-0.25, -0.2) is 4.79 Å². The number of rotatable bonds is 8. The van der Waals surface area contributed by atoms with E-state index < -0.39 is 12.0 Å². The molecule has 1 atom stereocenters. The lowest BCUT2D eigenvalue weighted by Crippen LogP contribution is -2.42. The van der Waals surface area contributed by atoms with Crippen LogP contribution in [0.2, 0.25) is 0 Å². The van der Waals surface area contributed by atoms with Crippen LogP contribution in [0.3, 0.4) is 0 Å². The summed E-state index contributed by atoms with van der Waals surface area (Å²) >= 11 is 0. The van der Waals surface area contributed by atoms with Gasteiger partial charge in [-0.05, 0) is 23.8 Å². The maximum Gasteiger partial charge on any atom is 0.326 e. The molecule has 3 rings (SSSR count). The molecule has 0 saturated carbocycles. The van der Waals surface area contributed by atoms with Gasteiger partial charge in [0.05, 0.1) is 13.0 Å². The summed E-state index contributed by atoms with van der Waals surface area (Å²) in [5.41, 5.74) is 1.79. The first-order valence-corrected chi connectivity index (χ1v) is 8.38. The highest BCUT2D eigenvalue weighted by atomic mass is 16.5. The molecule has 0 spiro atoms. The van der Waals surface area contributed by atoms with Crippen LogP contribution >= 0.6 is 0 Å². The number of carbonyl (C=O) groups excluding carboxylic acids is 1. The SMILES string of the molecule is O=C(CCOc1ccccc1)NC(Cc1c[nH]c2ccccc12)C(=O)O. The van der Waals surface area contributed by atoms with Crippen LogP contribution in [0.1, 0.15) is 12.0 Å². The first kappa shape index (κ1) is 17.5. The summed E-state index contributed by atoms with van der Waals surface area (Å²) in [6.45, 7) is 0.190. The molecule has 3 aromatic rings. The fraction of sp³-hybridized carbons (Fsp3) is 0.200. The van der Waals surface area contributed by atoms with Crippen molar-refractivity contribution < 1.29 is 19.4 Å². The number of benzene rings is 2. The molecule has 1 aromatic heterocycles. The molecular formula is C20H20N2O4. The second kappa shape index (κ2) is 8.20. The number of carbonyl (C=O) groups is 2. The second-order valence-corrected chi connectivity index (χ2v) is 5.93. The zero-order valence-electron chi connectivity index (χ0n) is 14.1. The minimum Gasteiger partial charge on any atom is -0.493 e. The third-order valence-electron chi connectivity index (χ3n) is 4.07. The Morgan fingerprint density at radius 2 is 1.81 bits per heavy atom. The lowest BCUT2D eigenvalue weighted by molar-refractivity contribution is -0.141. The Kier molecular flexibility index (Phi) is 5.53. The van der Waals surface area contributed by atoms with Crippen molar-refractivity contribution in [3.8, 4) is 5.75 Å². The Labute approximate surface area is 150 Å². The number of hydrogen-bond donors (Lipinski definition) is 3. The Balaban J connectivity index is 1.56. The van der Waals surface area contributed by atoms with E-state index >= 15 is 0 Å². The third-order valence-corrected chi connectivity index (χ3v) is 4.07. The van der Waals surface area contributed by atoms with E-state index in [0.29, 0.717) is 5.75 Å². The van der Waals surface area contributed by atoms with Gasteiger partial charge in [0.15, 0.2) is 0 Å². The van der Waals surface area contributed by atoms with Crippen LogP contribution in [0.15, 0.2) is 60.8 Å². The molecule has 3 N–H and O–H groups in total. The van der Waals surface area contributed by atoms with Crippen molar-refractivity contribution in [2.75, 3.05) is 6.61 Å². The minimum absolute atomic E-state index is 0.0898. The molecule has 26 heavy (non-hydrogen) atoms. The molecule has 0 fully saturated rings. The zero-order valence-corrected chi connectivity index (χ0v) is 14.1. The fourth-order valence-electron chi connectivity index (χ4n) is 2.77. The summed E-state index contributed by atoms with van der Waals surface area (Å²) in [5, 5.41) is 13.0. The number of aromatic amines is 1. The summed E-state index contributed by atoms with van der Waals surface area (Å²) in [6.07, 6.45) is 2.09. The van der Waals surface area contributed by atoms with E-state index in [1.807, 2.05) is 42.5 Å². The van der Waals surface area contributed by atoms with Gasteiger partial charge in [-0.15, -0.1) is 0 Å². The number of carboxylic acid groups (broad SMARTS) is 1. The minimum atomic E-state index is -1.06. The van der Waals surface area contributed by atoms with Gasteiger partial charge in [0.25, 0.3) is 0 Å². The van der Waals surface area contributed by atoms with Gasteiger partial charge < -0.3 is 20.1 Å². The van der Waals surface area contributed by atoms with Crippen LogP contribution in [-0.4, -0.2) is 34.6 Å². The molecule has 6 heteroatoms. The van der Waals surface area contributed by atoms with Gasteiger partial charge in [0.2, 0.25) is 5.91 Å². The van der Waals surface area contributed by atoms with Crippen LogP contribution in [0.25, 0.3) is 10.9 Å². The fourth-order valence-corrected chi connectivity index (χ4v) is 2.77. The van der Waals surface area contributed by atoms with Crippen molar-refractivity contribution in [2.24, 2.45) is 0 Å². The van der Waals surface area contributed by atoms with Crippen molar-refractivity contribution in [1.82, 2.24) is 10.3 Å². The maximum atomic E-state index is 12.1. The summed E-state index contributed by atoms with van der Waals surface area (Å²) < 4.78 is 5.47. The molecule has 0 aliphatic heterocycles. The first-order chi connectivity index (χ1) is 12.6. The monoisotopic (exact) mass is 352 g/mol. The molecule has 0 saturated heterocycles. The molecule has 0 aliphatic rings. The third kappa shape index (κ3) is 4.42. The van der Waals surface area contributed by atoms with Gasteiger partial charge in [-0.2, -0.15) is 0 Å². The van der Waals surface area contributed by atoms with E-state index in [4.69, 9.17) is 4.74 Å². The quantitative estimate of drug-likeness (QED) is 0.581. The van der Waals surface area contributed by atoms with Crippen molar-refractivity contribution in [1.29, 1.82) is 0 Å². The van der Waals surface area contributed by atoms with Gasteiger partial charge >= 0.3 is 5.97 Å². The first-order valence-electron chi connectivity index (χ1n) is 8.38. The average Bonchev–Trinajstić information content (AvgIpc) is 3.05. The molecule has 6 nitrogen and oxygen atoms in total. The summed E-state index contributed by atoms with van der Waals surface area (Å²) in [5.74, 6) is -0.741. The topological polar surface area (TPSA) is 91.4 Å². The molecule has 134 valence electrons. The number of carboxylic acids is 1. The largest absolute Gasteiger partial charge is 0.493 e. The summed E-state index contributed by atoms with van der Waals surface area (Å²) in [4.78, 5) is 26.7. The molecule has 2 aromatic carbocycles. The number of para-hydroxylation sites is 2. The Morgan fingerprint density at radius 3 is 2.58 bits per heavy atom. The van der Waals surface area contributed by atoms with Crippen LogP contribution in [0, 0.1) is 0 Å². The highest BCUT2D eigenvalue weighted by molar-refractivity contribution is 5.86. The molecular weight excluding hydrogens is 332 g/mol. The van der Waals surface area contributed by atoms with Gasteiger partial charge in [-0.3, -0.25) is 4.79 Å². The predicted octanol–water partition coefficient (Wildman–Crippen LogP) is 2.75. The molecule has 0 aliphatic carbocycles. The maximum absolute atomic E-state index is 12.1. The zero-order chi connectivity index (χ0) is 18.4. The number of H-pyrrole nitrogens is 1. The Bertz CT molecular complexity index is 889. The highest BCUT2D eigenvalue weighted by Gasteiger charge is 2.21. The van der Waals surface area contributed by atoms with Crippen LogP contribution in [0.5, 0.6) is 5.75 Å². The summed E-state index contributed by atoms with van der Waals surface area (Å²) in [6, 6.07) is 15.8. The van der Waals surface area contributed by atoms with Crippen LogP contribution < -0.4 is 10.1 Å². The van der Waals surface area contributed by atoms with E-state index in [2.05, 4.69) is 10.3 Å². The molecule has 1 amide bonds. The lowest BCUT2D eigenvalue weighted by Gasteiger charge is -2.14. The van der Waals surface area contributed by atoms with Gasteiger partial charge in [0, 0.05) is 23.5 Å². The van der Waals surface area contributed by atoms with Crippen LogP contribution in [-0.2, 0) is 16.0 Å². The number of hydrogen-bond acceptors (Lipinski definition) is 3. The number of aromatic nitrogens is 1. The van der Waals surface area contributed by atoms with Gasteiger partial charge in [0.1, 0.15) is 11.8 Å². The van der Waals surface area contributed by atoms with E-state index in [-0.39, 0.29) is 25.4 Å². The molecule has 0 radical (unpaired) electrons. The van der Waals surface area contributed by atoms with Crippen molar-refractivity contribution >= 4 is 22.8 Å². The van der Waals surface area contributed by atoms with Crippen molar-refractivity contribution in [3.63, 3.8) is 0 Å².